The Hall–Kier alpha value is -1.00. The Kier molecular flexibility index (Phi) is 2.20. The molecule has 1 saturated heterocycles. The summed E-state index contributed by atoms with van der Waals surface area (Å²) in [5.41, 5.74) is 3.96. The van der Waals surface area contributed by atoms with Crippen molar-refractivity contribution in [1.82, 2.24) is 15.3 Å². The summed E-state index contributed by atoms with van der Waals surface area (Å²) in [5.74, 6) is 2.18. The first-order valence-electron chi connectivity index (χ1n) is 6.60. The zero-order valence-corrected chi connectivity index (χ0v) is 9.91. The maximum atomic E-state index is 5.45. The molecular formula is C13H17N3O. The van der Waals surface area contributed by atoms with Crippen molar-refractivity contribution in [3.05, 3.63) is 22.8 Å². The first kappa shape index (κ1) is 9.97. The highest BCUT2D eigenvalue weighted by Crippen LogP contribution is 2.42. The molecule has 1 unspecified atom stereocenters. The summed E-state index contributed by atoms with van der Waals surface area (Å²) in [4.78, 5) is 9.61. The van der Waals surface area contributed by atoms with E-state index in [1.54, 1.807) is 0 Å². The Morgan fingerprint density at radius 3 is 2.76 bits per heavy atom. The van der Waals surface area contributed by atoms with Gasteiger partial charge in [0.25, 0.3) is 0 Å². The van der Waals surface area contributed by atoms with E-state index in [-0.39, 0.29) is 0 Å². The zero-order chi connectivity index (χ0) is 11.2. The second kappa shape index (κ2) is 3.75. The number of hydrogen-bond acceptors (Lipinski definition) is 4. The summed E-state index contributed by atoms with van der Waals surface area (Å²) in [6, 6.07) is 0. The fourth-order valence-corrected chi connectivity index (χ4v) is 2.83. The van der Waals surface area contributed by atoms with E-state index >= 15 is 0 Å². The van der Waals surface area contributed by atoms with Crippen LogP contribution in [-0.2, 0) is 17.8 Å². The summed E-state index contributed by atoms with van der Waals surface area (Å²) in [6.45, 7) is 3.54. The van der Waals surface area contributed by atoms with Gasteiger partial charge in [-0.05, 0) is 19.3 Å². The summed E-state index contributed by atoms with van der Waals surface area (Å²) in [6.07, 6.45) is 3.70. The van der Waals surface area contributed by atoms with Gasteiger partial charge in [-0.3, -0.25) is 0 Å². The van der Waals surface area contributed by atoms with E-state index in [9.17, 15) is 0 Å². The number of nitrogens with zero attached hydrogens (tertiary/aromatic N) is 2. The highest BCUT2D eigenvalue weighted by atomic mass is 16.5. The molecule has 3 heterocycles. The molecule has 0 spiro atoms. The van der Waals surface area contributed by atoms with E-state index in [0.29, 0.717) is 11.8 Å². The van der Waals surface area contributed by atoms with E-state index < -0.39 is 0 Å². The SMILES string of the molecule is C1CC(c2nc3c(c(C4CC4)n2)CNC3)CO1. The van der Waals surface area contributed by atoms with Crippen LogP contribution in [0.2, 0.25) is 0 Å². The normalized spacial score (nSPS) is 27.4. The van der Waals surface area contributed by atoms with Crippen molar-refractivity contribution < 1.29 is 4.74 Å². The molecule has 1 aromatic heterocycles. The maximum Gasteiger partial charge on any atom is 0.134 e. The van der Waals surface area contributed by atoms with Gasteiger partial charge in [0.2, 0.25) is 0 Å². The molecule has 4 rings (SSSR count). The molecule has 0 bridgehead atoms. The second-order valence-corrected chi connectivity index (χ2v) is 5.33. The first-order valence-corrected chi connectivity index (χ1v) is 6.60. The summed E-state index contributed by atoms with van der Waals surface area (Å²) < 4.78 is 5.45. The molecule has 90 valence electrons. The minimum Gasteiger partial charge on any atom is -0.381 e. The van der Waals surface area contributed by atoms with Crippen LogP contribution in [0, 0.1) is 0 Å². The Bertz CT molecular complexity index is 450. The molecule has 0 radical (unpaired) electrons. The minimum absolute atomic E-state index is 0.429. The van der Waals surface area contributed by atoms with Gasteiger partial charge in [0.1, 0.15) is 5.82 Å². The van der Waals surface area contributed by atoms with Crippen LogP contribution < -0.4 is 5.32 Å². The van der Waals surface area contributed by atoms with Gasteiger partial charge < -0.3 is 10.1 Å². The Balaban J connectivity index is 1.77. The molecule has 1 atom stereocenters. The fraction of sp³-hybridized carbons (Fsp3) is 0.692. The number of nitrogens with one attached hydrogen (secondary N) is 1. The molecule has 0 amide bonds. The summed E-state index contributed by atoms with van der Waals surface area (Å²) in [5, 5.41) is 3.39. The molecule has 4 nitrogen and oxygen atoms in total. The van der Waals surface area contributed by atoms with E-state index in [0.717, 1.165) is 38.5 Å². The molecule has 2 fully saturated rings. The molecule has 1 N–H and O–H groups in total. The Morgan fingerprint density at radius 1 is 1.06 bits per heavy atom. The van der Waals surface area contributed by atoms with Gasteiger partial charge in [0.15, 0.2) is 0 Å². The topological polar surface area (TPSA) is 47.0 Å². The second-order valence-electron chi connectivity index (χ2n) is 5.33. The lowest BCUT2D eigenvalue weighted by atomic mass is 10.1. The minimum atomic E-state index is 0.429. The molecule has 0 aromatic carbocycles. The van der Waals surface area contributed by atoms with Gasteiger partial charge in [-0.2, -0.15) is 0 Å². The van der Waals surface area contributed by atoms with Crippen LogP contribution in [0.1, 0.15) is 53.9 Å². The predicted octanol–water partition coefficient (Wildman–Crippen LogP) is 1.46. The molecule has 1 aromatic rings. The van der Waals surface area contributed by atoms with Crippen LogP contribution in [0.15, 0.2) is 0 Å². The van der Waals surface area contributed by atoms with Crippen LogP contribution in [-0.4, -0.2) is 23.2 Å². The van der Waals surface area contributed by atoms with Crippen LogP contribution >= 0.6 is 0 Å². The van der Waals surface area contributed by atoms with E-state index in [1.807, 2.05) is 0 Å². The van der Waals surface area contributed by atoms with Crippen molar-refractivity contribution in [1.29, 1.82) is 0 Å². The average molecular weight is 231 g/mol. The van der Waals surface area contributed by atoms with E-state index in [1.165, 1.54) is 29.8 Å². The third kappa shape index (κ3) is 1.67. The lowest BCUT2D eigenvalue weighted by Crippen LogP contribution is -2.10. The van der Waals surface area contributed by atoms with Gasteiger partial charge in [-0.1, -0.05) is 0 Å². The monoisotopic (exact) mass is 231 g/mol. The van der Waals surface area contributed by atoms with Crippen molar-refractivity contribution in [2.24, 2.45) is 0 Å². The first-order chi connectivity index (χ1) is 8.42. The van der Waals surface area contributed by atoms with Crippen molar-refractivity contribution >= 4 is 0 Å². The zero-order valence-electron chi connectivity index (χ0n) is 9.91. The number of hydrogen-bond donors (Lipinski definition) is 1. The highest BCUT2D eigenvalue weighted by molar-refractivity contribution is 5.34. The largest absolute Gasteiger partial charge is 0.381 e. The molecule has 2 aliphatic heterocycles. The van der Waals surface area contributed by atoms with Gasteiger partial charge in [-0.25, -0.2) is 9.97 Å². The van der Waals surface area contributed by atoms with Crippen molar-refractivity contribution in [3.63, 3.8) is 0 Å². The molecule has 3 aliphatic rings. The molecule has 1 saturated carbocycles. The number of fused-ring (bicyclic) bond motifs is 1. The van der Waals surface area contributed by atoms with Crippen molar-refractivity contribution in [2.45, 2.75) is 44.2 Å². The van der Waals surface area contributed by atoms with Gasteiger partial charge in [0.05, 0.1) is 18.0 Å². The highest BCUT2D eigenvalue weighted by Gasteiger charge is 2.32. The van der Waals surface area contributed by atoms with E-state index in [2.05, 4.69) is 5.32 Å². The lowest BCUT2D eigenvalue weighted by molar-refractivity contribution is 0.193. The fourth-order valence-electron chi connectivity index (χ4n) is 2.83. The average Bonchev–Trinajstić information content (AvgIpc) is 2.88. The van der Waals surface area contributed by atoms with Crippen molar-refractivity contribution in [3.8, 4) is 0 Å². The molecule has 4 heteroatoms. The number of ether oxygens (including phenoxy) is 1. The van der Waals surface area contributed by atoms with Crippen molar-refractivity contribution in [2.75, 3.05) is 13.2 Å². The van der Waals surface area contributed by atoms with Gasteiger partial charge in [-0.15, -0.1) is 0 Å². The predicted molar refractivity (Wildman–Crippen MR) is 62.7 cm³/mol. The van der Waals surface area contributed by atoms with Crippen LogP contribution in [0.3, 0.4) is 0 Å². The maximum absolute atomic E-state index is 5.45. The summed E-state index contributed by atoms with van der Waals surface area (Å²) in [7, 11) is 0. The standard InChI is InChI=1S/C13H17N3O/c1-2-8(1)12-10-5-14-6-11(10)15-13(16-12)9-3-4-17-7-9/h8-9,14H,1-7H2. The Labute approximate surface area is 101 Å². The molecular weight excluding hydrogens is 214 g/mol. The van der Waals surface area contributed by atoms with Crippen LogP contribution in [0.25, 0.3) is 0 Å². The van der Waals surface area contributed by atoms with Crippen LogP contribution in [0.4, 0.5) is 0 Å². The number of aromatic nitrogens is 2. The van der Waals surface area contributed by atoms with Gasteiger partial charge >= 0.3 is 0 Å². The van der Waals surface area contributed by atoms with Crippen LogP contribution in [0.5, 0.6) is 0 Å². The smallest absolute Gasteiger partial charge is 0.134 e. The number of rotatable bonds is 2. The summed E-state index contributed by atoms with van der Waals surface area (Å²) >= 11 is 0. The van der Waals surface area contributed by atoms with Gasteiger partial charge in [0, 0.05) is 37.1 Å². The lowest BCUT2D eigenvalue weighted by Gasteiger charge is -2.12. The third-order valence-corrected chi connectivity index (χ3v) is 4.00. The molecule has 17 heavy (non-hydrogen) atoms. The Morgan fingerprint density at radius 2 is 2.00 bits per heavy atom. The third-order valence-electron chi connectivity index (χ3n) is 4.00. The van der Waals surface area contributed by atoms with E-state index in [4.69, 9.17) is 14.7 Å². The molecule has 1 aliphatic carbocycles. The quantitative estimate of drug-likeness (QED) is 0.837.